The Labute approximate surface area is 118 Å². The number of carbonyl (C=O) groups is 1. The summed E-state index contributed by atoms with van der Waals surface area (Å²) in [6.45, 7) is 13.0. The lowest BCUT2D eigenvalue weighted by Gasteiger charge is -2.29. The molecule has 0 atom stereocenters. The fraction of sp³-hybridized carbons (Fsp3) is 0.786. The van der Waals surface area contributed by atoms with Crippen LogP contribution in [-0.4, -0.2) is 34.4 Å². The van der Waals surface area contributed by atoms with Crippen LogP contribution in [0.5, 0.6) is 0 Å². The molecule has 0 rings (SSSR count). The van der Waals surface area contributed by atoms with Crippen LogP contribution in [0.15, 0.2) is 12.2 Å². The first kappa shape index (κ1) is 18.3. The van der Waals surface area contributed by atoms with Gasteiger partial charge in [0.05, 0.1) is 6.61 Å². The van der Waals surface area contributed by atoms with Crippen LogP contribution >= 0.6 is 0 Å². The van der Waals surface area contributed by atoms with Gasteiger partial charge in [-0.15, -0.1) is 0 Å². The van der Waals surface area contributed by atoms with Gasteiger partial charge in [-0.05, 0) is 26.8 Å². The molecule has 5 heteroatoms. The Balaban J connectivity index is 4.44. The van der Waals surface area contributed by atoms with Crippen LogP contribution in [0.3, 0.4) is 0 Å². The van der Waals surface area contributed by atoms with Gasteiger partial charge in [0.25, 0.3) is 0 Å². The SMILES string of the molecule is C=C(C)C(=O)OCC[Si](CCCC)(OCC)OCC. The molecule has 0 spiro atoms. The van der Waals surface area contributed by atoms with E-state index in [0.29, 0.717) is 31.4 Å². The van der Waals surface area contributed by atoms with E-state index in [1.54, 1.807) is 6.92 Å². The van der Waals surface area contributed by atoms with Crippen molar-refractivity contribution in [3.63, 3.8) is 0 Å². The van der Waals surface area contributed by atoms with E-state index in [0.717, 1.165) is 18.9 Å². The van der Waals surface area contributed by atoms with Crippen molar-refractivity contribution in [3.8, 4) is 0 Å². The smallest absolute Gasteiger partial charge is 0.341 e. The maximum atomic E-state index is 11.4. The molecule has 0 fully saturated rings. The predicted molar refractivity (Wildman–Crippen MR) is 79.3 cm³/mol. The van der Waals surface area contributed by atoms with E-state index < -0.39 is 8.56 Å². The van der Waals surface area contributed by atoms with Crippen LogP contribution < -0.4 is 0 Å². The normalized spacial score (nSPS) is 11.4. The second-order valence-electron chi connectivity index (χ2n) is 4.55. The van der Waals surface area contributed by atoms with Crippen molar-refractivity contribution < 1.29 is 18.4 Å². The highest BCUT2D eigenvalue weighted by Gasteiger charge is 2.36. The molecule has 0 aromatic carbocycles. The molecule has 0 aliphatic rings. The van der Waals surface area contributed by atoms with Crippen LogP contribution in [0.25, 0.3) is 0 Å². The first-order valence-corrected chi connectivity index (χ1v) is 9.35. The third-order valence-electron chi connectivity index (χ3n) is 2.79. The minimum Gasteiger partial charge on any atom is -0.462 e. The first-order chi connectivity index (χ1) is 9.01. The van der Waals surface area contributed by atoms with Gasteiger partial charge >= 0.3 is 14.5 Å². The van der Waals surface area contributed by atoms with E-state index in [1.807, 2.05) is 13.8 Å². The van der Waals surface area contributed by atoms with Gasteiger partial charge in [0, 0.05) is 24.8 Å². The van der Waals surface area contributed by atoms with Crippen molar-refractivity contribution in [1.82, 2.24) is 0 Å². The average Bonchev–Trinajstić information content (AvgIpc) is 2.36. The summed E-state index contributed by atoms with van der Waals surface area (Å²) in [7, 11) is -2.22. The van der Waals surface area contributed by atoms with Crippen LogP contribution in [-0.2, 0) is 18.4 Å². The number of esters is 1. The molecule has 0 N–H and O–H groups in total. The molecular weight excluding hydrogens is 260 g/mol. The molecule has 19 heavy (non-hydrogen) atoms. The van der Waals surface area contributed by atoms with Gasteiger partial charge < -0.3 is 13.6 Å². The monoisotopic (exact) mass is 288 g/mol. The Bertz CT molecular complexity index is 273. The van der Waals surface area contributed by atoms with Crippen LogP contribution in [0.1, 0.15) is 40.5 Å². The summed E-state index contributed by atoms with van der Waals surface area (Å²) < 4.78 is 17.0. The van der Waals surface area contributed by atoms with Crippen molar-refractivity contribution in [3.05, 3.63) is 12.2 Å². The van der Waals surface area contributed by atoms with Gasteiger partial charge in [-0.25, -0.2) is 4.79 Å². The van der Waals surface area contributed by atoms with E-state index >= 15 is 0 Å². The van der Waals surface area contributed by atoms with Gasteiger partial charge in [-0.3, -0.25) is 0 Å². The number of carbonyl (C=O) groups excluding carboxylic acids is 1. The highest BCUT2D eigenvalue weighted by molar-refractivity contribution is 6.67. The number of rotatable bonds is 11. The van der Waals surface area contributed by atoms with Gasteiger partial charge in [0.2, 0.25) is 0 Å². The van der Waals surface area contributed by atoms with E-state index in [9.17, 15) is 4.79 Å². The number of hydrogen-bond donors (Lipinski definition) is 0. The average molecular weight is 288 g/mol. The fourth-order valence-corrected chi connectivity index (χ4v) is 5.12. The van der Waals surface area contributed by atoms with Crippen LogP contribution in [0.4, 0.5) is 0 Å². The van der Waals surface area contributed by atoms with Crippen molar-refractivity contribution in [1.29, 1.82) is 0 Å². The Morgan fingerprint density at radius 3 is 2.11 bits per heavy atom. The van der Waals surface area contributed by atoms with E-state index in [4.69, 9.17) is 13.6 Å². The molecule has 0 aromatic heterocycles. The summed E-state index contributed by atoms with van der Waals surface area (Å²) in [5.74, 6) is -0.341. The fourth-order valence-electron chi connectivity index (χ4n) is 1.85. The highest BCUT2D eigenvalue weighted by atomic mass is 28.4. The maximum Gasteiger partial charge on any atom is 0.341 e. The summed E-state index contributed by atoms with van der Waals surface area (Å²) in [5, 5.41) is 0. The second kappa shape index (κ2) is 10.2. The lowest BCUT2D eigenvalue weighted by atomic mass is 10.4. The van der Waals surface area contributed by atoms with Gasteiger partial charge in [0.15, 0.2) is 0 Å². The molecule has 0 radical (unpaired) electrons. The zero-order valence-electron chi connectivity index (χ0n) is 12.8. The molecule has 0 saturated heterocycles. The molecule has 112 valence electrons. The zero-order valence-corrected chi connectivity index (χ0v) is 13.8. The van der Waals surface area contributed by atoms with Gasteiger partial charge in [0.1, 0.15) is 0 Å². The summed E-state index contributed by atoms with van der Waals surface area (Å²) in [4.78, 5) is 11.4. The van der Waals surface area contributed by atoms with Gasteiger partial charge in [-0.2, -0.15) is 0 Å². The molecular formula is C14H28O4Si. The van der Waals surface area contributed by atoms with E-state index in [2.05, 4.69) is 13.5 Å². The molecule has 0 unspecified atom stereocenters. The van der Waals surface area contributed by atoms with Crippen molar-refractivity contribution in [2.45, 2.75) is 52.6 Å². The summed E-state index contributed by atoms with van der Waals surface area (Å²) in [5.41, 5.74) is 0.425. The molecule has 0 bridgehead atoms. The quantitative estimate of drug-likeness (QED) is 0.332. The molecule has 0 aliphatic heterocycles. The third kappa shape index (κ3) is 7.50. The van der Waals surface area contributed by atoms with Crippen LogP contribution in [0, 0.1) is 0 Å². The molecule has 0 aromatic rings. The lowest BCUT2D eigenvalue weighted by Crippen LogP contribution is -2.43. The molecule has 0 heterocycles. The van der Waals surface area contributed by atoms with Crippen molar-refractivity contribution in [2.75, 3.05) is 19.8 Å². The van der Waals surface area contributed by atoms with Crippen LogP contribution in [0.2, 0.25) is 12.1 Å². The standard InChI is InChI=1S/C14H28O4Si/c1-6-9-11-19(17-7-2,18-8-3)12-10-16-14(15)13(4)5/h4,6-12H2,1-3,5H3. The summed E-state index contributed by atoms with van der Waals surface area (Å²) in [6, 6.07) is 1.64. The molecule has 0 aliphatic carbocycles. The molecule has 0 amide bonds. The molecule has 4 nitrogen and oxygen atoms in total. The first-order valence-electron chi connectivity index (χ1n) is 7.11. The Kier molecular flexibility index (Phi) is 9.82. The third-order valence-corrected chi connectivity index (χ3v) is 6.50. The number of ether oxygens (including phenoxy) is 1. The highest BCUT2D eigenvalue weighted by Crippen LogP contribution is 2.22. The number of unbranched alkanes of at least 4 members (excludes halogenated alkanes) is 1. The van der Waals surface area contributed by atoms with Crippen molar-refractivity contribution >= 4 is 14.5 Å². The van der Waals surface area contributed by atoms with E-state index in [-0.39, 0.29) is 5.97 Å². The zero-order chi connectivity index (χ0) is 14.7. The summed E-state index contributed by atoms with van der Waals surface area (Å²) in [6.07, 6.45) is 2.20. The summed E-state index contributed by atoms with van der Waals surface area (Å²) >= 11 is 0. The number of hydrogen-bond acceptors (Lipinski definition) is 4. The minimum atomic E-state index is -2.22. The van der Waals surface area contributed by atoms with E-state index in [1.165, 1.54) is 0 Å². The predicted octanol–water partition coefficient (Wildman–Crippen LogP) is 3.42. The minimum absolute atomic E-state index is 0.341. The molecule has 0 saturated carbocycles. The largest absolute Gasteiger partial charge is 0.462 e. The topological polar surface area (TPSA) is 44.8 Å². The Morgan fingerprint density at radius 2 is 1.68 bits per heavy atom. The second-order valence-corrected chi connectivity index (χ2v) is 7.95. The van der Waals surface area contributed by atoms with Crippen molar-refractivity contribution in [2.24, 2.45) is 0 Å². The lowest BCUT2D eigenvalue weighted by molar-refractivity contribution is -0.138. The Hall–Kier alpha value is -0.653. The Morgan fingerprint density at radius 1 is 1.11 bits per heavy atom. The maximum absolute atomic E-state index is 11.4. The van der Waals surface area contributed by atoms with Gasteiger partial charge in [-0.1, -0.05) is 26.3 Å².